The average Bonchev–Trinajstić information content (AvgIpc) is 2.43. The molecule has 0 amide bonds. The summed E-state index contributed by atoms with van der Waals surface area (Å²) in [7, 11) is 0. The van der Waals surface area contributed by atoms with Crippen LogP contribution >= 0.6 is 0 Å². The fourth-order valence-corrected chi connectivity index (χ4v) is 1.61. The number of pyridine rings is 1. The Morgan fingerprint density at radius 3 is 3.00 bits per heavy atom. The second kappa shape index (κ2) is 2.74. The van der Waals surface area contributed by atoms with Crippen LogP contribution in [0.4, 0.5) is 0 Å². The Kier molecular flexibility index (Phi) is 1.72. The Bertz CT molecular complexity index is 337. The second-order valence-corrected chi connectivity index (χ2v) is 3.36. The van der Waals surface area contributed by atoms with E-state index in [9.17, 15) is 0 Å². The molecule has 1 aromatic rings. The van der Waals surface area contributed by atoms with Gasteiger partial charge < -0.3 is 0 Å². The molecule has 62 valence electrons. The summed E-state index contributed by atoms with van der Waals surface area (Å²) >= 11 is 0. The molecular weight excluding hydrogens is 146 g/mol. The fourth-order valence-electron chi connectivity index (χ4n) is 1.61. The van der Waals surface area contributed by atoms with Crippen LogP contribution < -0.4 is 0 Å². The molecule has 0 spiro atoms. The highest BCUT2D eigenvalue weighted by Gasteiger charge is 2.10. The smallest absolute Gasteiger partial charge is 0.0519 e. The minimum Gasteiger partial charge on any atom is -0.257 e. The minimum atomic E-state index is 1.03. The Morgan fingerprint density at radius 1 is 1.42 bits per heavy atom. The lowest BCUT2D eigenvalue weighted by Gasteiger charge is -2.00. The number of nitrogens with zero attached hydrogens (tertiary/aromatic N) is 1. The van der Waals surface area contributed by atoms with Gasteiger partial charge >= 0.3 is 0 Å². The zero-order valence-corrected chi connectivity index (χ0v) is 7.59. The summed E-state index contributed by atoms with van der Waals surface area (Å²) in [6.07, 6.45) is 4.30. The number of aryl methyl sites for hydroxylation is 1. The quantitative estimate of drug-likeness (QED) is 0.613. The van der Waals surface area contributed by atoms with Gasteiger partial charge in [-0.15, -0.1) is 0 Å². The first-order chi connectivity index (χ1) is 5.79. The van der Waals surface area contributed by atoms with Gasteiger partial charge in [-0.1, -0.05) is 24.6 Å². The standard InChI is InChI=1S/C11H13N/c1-3-10-5-4-9-6-8(2)7-11(9)12-10/h4-6H,3,7H2,1-2H3. The number of hydrogen-bond donors (Lipinski definition) is 0. The first kappa shape index (κ1) is 7.53. The predicted octanol–water partition coefficient (Wildman–Crippen LogP) is 2.60. The molecule has 1 aliphatic rings. The molecule has 0 bridgehead atoms. The molecule has 1 aromatic heterocycles. The summed E-state index contributed by atoms with van der Waals surface area (Å²) in [6, 6.07) is 4.30. The van der Waals surface area contributed by atoms with Gasteiger partial charge in [-0.05, 0) is 25.0 Å². The zero-order chi connectivity index (χ0) is 8.55. The summed E-state index contributed by atoms with van der Waals surface area (Å²) < 4.78 is 0. The van der Waals surface area contributed by atoms with Crippen molar-refractivity contribution in [2.75, 3.05) is 0 Å². The van der Waals surface area contributed by atoms with Crippen LogP contribution in [0.25, 0.3) is 6.08 Å². The molecule has 0 aliphatic heterocycles. The van der Waals surface area contributed by atoms with E-state index >= 15 is 0 Å². The van der Waals surface area contributed by atoms with Gasteiger partial charge in [-0.3, -0.25) is 4.98 Å². The molecule has 0 atom stereocenters. The van der Waals surface area contributed by atoms with Crippen LogP contribution in [-0.2, 0) is 12.8 Å². The van der Waals surface area contributed by atoms with Crippen LogP contribution in [0.15, 0.2) is 17.7 Å². The Hall–Kier alpha value is -1.11. The molecule has 0 saturated heterocycles. The van der Waals surface area contributed by atoms with E-state index in [2.05, 4.69) is 37.0 Å². The van der Waals surface area contributed by atoms with E-state index in [4.69, 9.17) is 0 Å². The second-order valence-electron chi connectivity index (χ2n) is 3.36. The lowest BCUT2D eigenvalue weighted by Crippen LogP contribution is -1.93. The maximum atomic E-state index is 4.57. The Morgan fingerprint density at radius 2 is 2.25 bits per heavy atom. The van der Waals surface area contributed by atoms with E-state index in [1.54, 1.807) is 0 Å². The minimum absolute atomic E-state index is 1.03. The maximum absolute atomic E-state index is 4.57. The summed E-state index contributed by atoms with van der Waals surface area (Å²) in [6.45, 7) is 4.30. The van der Waals surface area contributed by atoms with E-state index in [0.29, 0.717) is 0 Å². The molecule has 1 nitrogen and oxygen atoms in total. The van der Waals surface area contributed by atoms with Crippen LogP contribution in [-0.4, -0.2) is 4.98 Å². The molecular formula is C11H13N. The number of hydrogen-bond acceptors (Lipinski definition) is 1. The molecule has 12 heavy (non-hydrogen) atoms. The highest BCUT2D eigenvalue weighted by molar-refractivity contribution is 5.61. The maximum Gasteiger partial charge on any atom is 0.0519 e. The Labute approximate surface area is 73.1 Å². The normalized spacial score (nSPS) is 14.3. The van der Waals surface area contributed by atoms with Gasteiger partial charge in [0.1, 0.15) is 0 Å². The largest absolute Gasteiger partial charge is 0.257 e. The van der Waals surface area contributed by atoms with Crippen molar-refractivity contribution in [1.29, 1.82) is 0 Å². The SMILES string of the molecule is CCc1ccc2c(n1)CC(C)=C2. The molecule has 0 saturated carbocycles. The van der Waals surface area contributed by atoms with Gasteiger partial charge in [0.05, 0.1) is 5.69 Å². The van der Waals surface area contributed by atoms with Crippen molar-refractivity contribution in [3.8, 4) is 0 Å². The van der Waals surface area contributed by atoms with Crippen LogP contribution in [0.5, 0.6) is 0 Å². The van der Waals surface area contributed by atoms with Crippen molar-refractivity contribution < 1.29 is 0 Å². The van der Waals surface area contributed by atoms with Crippen molar-refractivity contribution in [3.05, 3.63) is 34.7 Å². The number of allylic oxidation sites excluding steroid dienone is 1. The van der Waals surface area contributed by atoms with Gasteiger partial charge in [0.25, 0.3) is 0 Å². The fraction of sp³-hybridized carbons (Fsp3) is 0.364. The molecule has 0 N–H and O–H groups in total. The lowest BCUT2D eigenvalue weighted by molar-refractivity contribution is 0.975. The van der Waals surface area contributed by atoms with Crippen molar-refractivity contribution in [1.82, 2.24) is 4.98 Å². The molecule has 0 fully saturated rings. The van der Waals surface area contributed by atoms with Gasteiger partial charge in [-0.25, -0.2) is 0 Å². The Balaban J connectivity index is 2.42. The number of fused-ring (bicyclic) bond motifs is 1. The van der Waals surface area contributed by atoms with Crippen molar-refractivity contribution in [2.45, 2.75) is 26.7 Å². The third-order valence-electron chi connectivity index (χ3n) is 2.28. The number of rotatable bonds is 1. The van der Waals surface area contributed by atoms with Crippen LogP contribution in [0.3, 0.4) is 0 Å². The third kappa shape index (κ3) is 1.15. The van der Waals surface area contributed by atoms with E-state index in [-0.39, 0.29) is 0 Å². The molecule has 1 heterocycles. The summed E-state index contributed by atoms with van der Waals surface area (Å²) in [5.74, 6) is 0. The van der Waals surface area contributed by atoms with Crippen LogP contribution in [0, 0.1) is 0 Å². The van der Waals surface area contributed by atoms with Gasteiger partial charge in [0, 0.05) is 12.1 Å². The molecule has 1 aliphatic carbocycles. The molecule has 2 rings (SSSR count). The monoisotopic (exact) mass is 159 g/mol. The summed E-state index contributed by atoms with van der Waals surface area (Å²) in [4.78, 5) is 4.57. The average molecular weight is 159 g/mol. The topological polar surface area (TPSA) is 12.9 Å². The summed E-state index contributed by atoms with van der Waals surface area (Å²) in [5.41, 5.74) is 5.19. The third-order valence-corrected chi connectivity index (χ3v) is 2.28. The van der Waals surface area contributed by atoms with Gasteiger partial charge in [-0.2, -0.15) is 0 Å². The highest BCUT2D eigenvalue weighted by Crippen LogP contribution is 2.22. The van der Waals surface area contributed by atoms with Crippen LogP contribution in [0.2, 0.25) is 0 Å². The van der Waals surface area contributed by atoms with E-state index < -0.39 is 0 Å². The van der Waals surface area contributed by atoms with Gasteiger partial charge in [0.2, 0.25) is 0 Å². The van der Waals surface area contributed by atoms with Crippen molar-refractivity contribution in [2.24, 2.45) is 0 Å². The molecule has 0 aromatic carbocycles. The van der Waals surface area contributed by atoms with Crippen molar-refractivity contribution >= 4 is 6.08 Å². The molecule has 0 unspecified atom stereocenters. The van der Waals surface area contributed by atoms with Gasteiger partial charge in [0.15, 0.2) is 0 Å². The van der Waals surface area contributed by atoms with Crippen molar-refractivity contribution in [3.63, 3.8) is 0 Å². The number of aromatic nitrogens is 1. The molecule has 1 heteroatoms. The van der Waals surface area contributed by atoms with E-state index in [1.165, 1.54) is 22.5 Å². The predicted molar refractivity (Wildman–Crippen MR) is 51.0 cm³/mol. The highest BCUT2D eigenvalue weighted by atomic mass is 14.7. The van der Waals surface area contributed by atoms with E-state index in [0.717, 1.165) is 12.8 Å². The summed E-state index contributed by atoms with van der Waals surface area (Å²) in [5, 5.41) is 0. The lowest BCUT2D eigenvalue weighted by atomic mass is 10.2. The van der Waals surface area contributed by atoms with E-state index in [1.807, 2.05) is 0 Å². The zero-order valence-electron chi connectivity index (χ0n) is 7.59. The first-order valence-electron chi connectivity index (χ1n) is 4.45. The first-order valence-corrected chi connectivity index (χ1v) is 4.45. The molecule has 0 radical (unpaired) electrons. The van der Waals surface area contributed by atoms with Crippen LogP contribution in [0.1, 0.15) is 30.8 Å².